The Labute approximate surface area is 97.6 Å². The Bertz CT molecular complexity index is 607. The zero-order valence-electron chi connectivity index (χ0n) is 9.37. The number of amides is 1. The average molecular weight is 229 g/mol. The first kappa shape index (κ1) is 9.95. The summed E-state index contributed by atoms with van der Waals surface area (Å²) in [5.41, 5.74) is 0.853. The maximum Gasteiger partial charge on any atom is 0.292 e. The Morgan fingerprint density at radius 1 is 1.29 bits per heavy atom. The molecule has 3 heterocycles. The minimum atomic E-state index is -0.117. The van der Waals surface area contributed by atoms with Crippen molar-refractivity contribution in [3.05, 3.63) is 35.9 Å². The van der Waals surface area contributed by atoms with Gasteiger partial charge in [-0.15, -0.1) is 10.2 Å². The summed E-state index contributed by atoms with van der Waals surface area (Å²) >= 11 is 0. The molecule has 2 aromatic heterocycles. The first-order valence-electron chi connectivity index (χ1n) is 5.38. The average Bonchev–Trinajstić information content (AvgIpc) is 2.96. The molecule has 0 N–H and O–H groups in total. The topological polar surface area (TPSA) is 63.4 Å². The van der Waals surface area contributed by atoms with Crippen molar-refractivity contribution in [2.24, 2.45) is 0 Å². The lowest BCUT2D eigenvalue weighted by Gasteiger charge is -2.13. The second-order valence-corrected chi connectivity index (χ2v) is 3.94. The van der Waals surface area contributed by atoms with Crippen molar-refractivity contribution in [3.63, 3.8) is 0 Å². The number of aromatic nitrogens is 4. The highest BCUT2D eigenvalue weighted by atomic mass is 16.2. The Hall–Kier alpha value is -2.24. The molecule has 1 aliphatic rings. The molecule has 0 spiro atoms. The Morgan fingerprint density at radius 2 is 2.06 bits per heavy atom. The van der Waals surface area contributed by atoms with Gasteiger partial charge >= 0.3 is 0 Å². The van der Waals surface area contributed by atoms with E-state index in [1.807, 2.05) is 25.1 Å². The molecule has 1 amide bonds. The van der Waals surface area contributed by atoms with Gasteiger partial charge in [-0.25, -0.2) is 4.98 Å². The summed E-state index contributed by atoms with van der Waals surface area (Å²) in [5.74, 6) is 0.657. The van der Waals surface area contributed by atoms with Gasteiger partial charge in [0.05, 0.1) is 0 Å². The predicted molar refractivity (Wildman–Crippen MR) is 60.6 cm³/mol. The molecule has 0 atom stereocenters. The Balaban J connectivity index is 2.02. The van der Waals surface area contributed by atoms with E-state index in [4.69, 9.17) is 0 Å². The fourth-order valence-corrected chi connectivity index (χ4v) is 1.81. The SMILES string of the molecule is Cc1ccn2c(C(=O)N3CC=CC3)nnc2n1. The molecule has 17 heavy (non-hydrogen) atoms. The van der Waals surface area contributed by atoms with Crippen molar-refractivity contribution in [1.82, 2.24) is 24.5 Å². The van der Waals surface area contributed by atoms with Gasteiger partial charge in [0.25, 0.3) is 11.7 Å². The Kier molecular flexibility index (Phi) is 2.14. The van der Waals surface area contributed by atoms with Gasteiger partial charge in [-0.2, -0.15) is 0 Å². The van der Waals surface area contributed by atoms with Gasteiger partial charge in [0, 0.05) is 25.0 Å². The van der Waals surface area contributed by atoms with Crippen molar-refractivity contribution < 1.29 is 4.79 Å². The first-order valence-corrected chi connectivity index (χ1v) is 5.38. The van der Waals surface area contributed by atoms with Crippen LogP contribution in [-0.2, 0) is 0 Å². The number of nitrogens with zero attached hydrogens (tertiary/aromatic N) is 5. The molecule has 0 fully saturated rings. The number of carbonyl (C=O) groups is 1. The third kappa shape index (κ3) is 1.57. The van der Waals surface area contributed by atoms with Crippen LogP contribution >= 0.6 is 0 Å². The molecular formula is C11H11N5O. The van der Waals surface area contributed by atoms with E-state index in [0.717, 1.165) is 5.69 Å². The van der Waals surface area contributed by atoms with E-state index in [1.54, 1.807) is 15.5 Å². The zero-order chi connectivity index (χ0) is 11.8. The minimum absolute atomic E-state index is 0.117. The van der Waals surface area contributed by atoms with Gasteiger partial charge in [-0.05, 0) is 13.0 Å². The van der Waals surface area contributed by atoms with E-state index < -0.39 is 0 Å². The molecule has 2 aromatic rings. The minimum Gasteiger partial charge on any atom is -0.328 e. The molecule has 1 aliphatic heterocycles. The lowest BCUT2D eigenvalue weighted by Crippen LogP contribution is -2.29. The molecule has 86 valence electrons. The third-order valence-electron chi connectivity index (χ3n) is 2.72. The summed E-state index contributed by atoms with van der Waals surface area (Å²) < 4.78 is 1.62. The summed E-state index contributed by atoms with van der Waals surface area (Å²) in [6, 6.07) is 1.83. The zero-order valence-corrected chi connectivity index (χ0v) is 9.37. The van der Waals surface area contributed by atoms with Crippen LogP contribution in [0, 0.1) is 6.92 Å². The van der Waals surface area contributed by atoms with Crippen LogP contribution < -0.4 is 0 Å². The summed E-state index contributed by atoms with van der Waals surface area (Å²) in [4.78, 5) is 18.1. The van der Waals surface area contributed by atoms with Gasteiger partial charge < -0.3 is 4.90 Å². The van der Waals surface area contributed by atoms with E-state index in [0.29, 0.717) is 24.7 Å². The van der Waals surface area contributed by atoms with Crippen molar-refractivity contribution >= 4 is 11.7 Å². The second kappa shape index (κ2) is 3.65. The smallest absolute Gasteiger partial charge is 0.292 e. The Morgan fingerprint density at radius 3 is 2.82 bits per heavy atom. The van der Waals surface area contributed by atoms with Crippen LogP contribution in [0.4, 0.5) is 0 Å². The van der Waals surface area contributed by atoms with Crippen LogP contribution in [0.15, 0.2) is 24.4 Å². The first-order chi connectivity index (χ1) is 8.25. The summed E-state index contributed by atoms with van der Waals surface area (Å²) in [6.07, 6.45) is 5.70. The molecule has 0 aliphatic carbocycles. The number of hydrogen-bond donors (Lipinski definition) is 0. The molecule has 0 saturated carbocycles. The highest BCUT2D eigenvalue weighted by molar-refractivity contribution is 5.91. The summed E-state index contributed by atoms with van der Waals surface area (Å²) in [6.45, 7) is 3.14. The summed E-state index contributed by atoms with van der Waals surface area (Å²) in [7, 11) is 0. The van der Waals surface area contributed by atoms with Crippen molar-refractivity contribution in [3.8, 4) is 0 Å². The van der Waals surface area contributed by atoms with Crippen LogP contribution in [0.2, 0.25) is 0 Å². The molecule has 0 saturated heterocycles. The van der Waals surface area contributed by atoms with E-state index in [-0.39, 0.29) is 5.91 Å². The highest BCUT2D eigenvalue weighted by Gasteiger charge is 2.21. The molecule has 3 rings (SSSR count). The molecule has 6 nitrogen and oxygen atoms in total. The third-order valence-corrected chi connectivity index (χ3v) is 2.72. The van der Waals surface area contributed by atoms with Gasteiger partial charge in [0.1, 0.15) is 0 Å². The fraction of sp³-hybridized carbons (Fsp3) is 0.273. The largest absolute Gasteiger partial charge is 0.328 e. The lowest BCUT2D eigenvalue weighted by molar-refractivity contribution is 0.0786. The van der Waals surface area contributed by atoms with E-state index in [1.165, 1.54) is 0 Å². The standard InChI is InChI=1S/C11H11N5O/c1-8-4-7-16-9(13-14-11(16)12-8)10(17)15-5-2-3-6-15/h2-4,7H,5-6H2,1H3. The normalized spacial score (nSPS) is 14.8. The van der Waals surface area contributed by atoms with Crippen molar-refractivity contribution in [2.75, 3.05) is 13.1 Å². The van der Waals surface area contributed by atoms with Crippen LogP contribution in [-0.4, -0.2) is 43.5 Å². The number of rotatable bonds is 1. The molecule has 0 aromatic carbocycles. The van der Waals surface area contributed by atoms with E-state index >= 15 is 0 Å². The fourth-order valence-electron chi connectivity index (χ4n) is 1.81. The molecule has 0 bridgehead atoms. The van der Waals surface area contributed by atoms with Gasteiger partial charge in [-0.1, -0.05) is 12.2 Å². The van der Waals surface area contributed by atoms with Gasteiger partial charge in [0.2, 0.25) is 5.82 Å². The van der Waals surface area contributed by atoms with Crippen molar-refractivity contribution in [1.29, 1.82) is 0 Å². The maximum atomic E-state index is 12.1. The second-order valence-electron chi connectivity index (χ2n) is 3.94. The van der Waals surface area contributed by atoms with Gasteiger partial charge in [0.15, 0.2) is 0 Å². The number of aryl methyl sites for hydroxylation is 1. The van der Waals surface area contributed by atoms with E-state index in [2.05, 4.69) is 15.2 Å². The van der Waals surface area contributed by atoms with Crippen LogP contribution in [0.25, 0.3) is 5.78 Å². The maximum absolute atomic E-state index is 12.1. The quantitative estimate of drug-likeness (QED) is 0.666. The monoisotopic (exact) mass is 229 g/mol. The van der Waals surface area contributed by atoms with Crippen LogP contribution in [0.1, 0.15) is 16.3 Å². The number of fused-ring (bicyclic) bond motifs is 1. The number of carbonyl (C=O) groups excluding carboxylic acids is 1. The molecular weight excluding hydrogens is 218 g/mol. The molecule has 6 heteroatoms. The number of hydrogen-bond acceptors (Lipinski definition) is 4. The van der Waals surface area contributed by atoms with Crippen LogP contribution in [0.5, 0.6) is 0 Å². The van der Waals surface area contributed by atoms with Crippen LogP contribution in [0.3, 0.4) is 0 Å². The highest BCUT2D eigenvalue weighted by Crippen LogP contribution is 2.08. The lowest BCUT2D eigenvalue weighted by atomic mass is 10.4. The van der Waals surface area contributed by atoms with Crippen molar-refractivity contribution in [2.45, 2.75) is 6.92 Å². The molecule has 0 radical (unpaired) electrons. The predicted octanol–water partition coefficient (Wildman–Crippen LogP) is 0.445. The summed E-state index contributed by atoms with van der Waals surface area (Å²) in [5, 5.41) is 7.82. The molecule has 0 unspecified atom stereocenters. The van der Waals surface area contributed by atoms with Gasteiger partial charge in [-0.3, -0.25) is 9.20 Å². The van der Waals surface area contributed by atoms with E-state index in [9.17, 15) is 4.79 Å².